The summed E-state index contributed by atoms with van der Waals surface area (Å²) < 4.78 is 5.12. The summed E-state index contributed by atoms with van der Waals surface area (Å²) in [5.74, 6) is 2.40. The Labute approximate surface area is 145 Å². The van der Waals surface area contributed by atoms with Crippen LogP contribution < -0.4 is 5.32 Å². The van der Waals surface area contributed by atoms with Gasteiger partial charge in [0.25, 0.3) is 0 Å². The Bertz CT molecular complexity index is 561. The predicted molar refractivity (Wildman–Crippen MR) is 91.1 cm³/mol. The van der Waals surface area contributed by atoms with Gasteiger partial charge in [0.1, 0.15) is 0 Å². The number of esters is 1. The second-order valence-corrected chi connectivity index (χ2v) is 9.28. The number of nitrogens with one attached hydrogen (secondary N) is 1. The standard InChI is InChI=1S/C20H31NO3/c1-19-10-8-14-12(13(19)5-6-15(19)18(23)24-3)4-7-16-20(14,2)11-9-17(22)21-16/h12-16H,4-11H2,1-3H3,(H,21,22)/t12-,13-,14-,15-,16+,19-,20+/m0/s1. The fourth-order valence-corrected chi connectivity index (χ4v) is 7.23. The highest BCUT2D eigenvalue weighted by molar-refractivity contribution is 5.77. The summed E-state index contributed by atoms with van der Waals surface area (Å²) in [6.07, 6.45) is 8.54. The van der Waals surface area contributed by atoms with Crippen LogP contribution in [0.1, 0.15) is 65.2 Å². The molecule has 4 rings (SSSR count). The molecule has 0 aromatic rings. The van der Waals surface area contributed by atoms with E-state index in [4.69, 9.17) is 4.74 Å². The number of carbonyl (C=O) groups excluding carboxylic acids is 2. The van der Waals surface area contributed by atoms with E-state index < -0.39 is 0 Å². The van der Waals surface area contributed by atoms with Crippen molar-refractivity contribution in [3.05, 3.63) is 0 Å². The minimum Gasteiger partial charge on any atom is -0.469 e. The second-order valence-electron chi connectivity index (χ2n) is 9.28. The molecule has 4 fully saturated rings. The van der Waals surface area contributed by atoms with E-state index >= 15 is 0 Å². The van der Waals surface area contributed by atoms with Crippen LogP contribution in [0.5, 0.6) is 0 Å². The highest BCUT2D eigenvalue weighted by Gasteiger charge is 2.61. The molecule has 1 saturated heterocycles. The van der Waals surface area contributed by atoms with Crippen LogP contribution in [0.4, 0.5) is 0 Å². The summed E-state index contributed by atoms with van der Waals surface area (Å²) in [6.45, 7) is 4.77. The van der Waals surface area contributed by atoms with Gasteiger partial charge in [0.05, 0.1) is 13.0 Å². The molecule has 1 amide bonds. The largest absolute Gasteiger partial charge is 0.469 e. The van der Waals surface area contributed by atoms with Gasteiger partial charge in [0.2, 0.25) is 5.91 Å². The minimum atomic E-state index is 0.00303. The maximum atomic E-state index is 12.3. The third-order valence-corrected chi connectivity index (χ3v) is 8.58. The Morgan fingerprint density at radius 1 is 1.04 bits per heavy atom. The van der Waals surface area contributed by atoms with Crippen molar-refractivity contribution in [3.8, 4) is 0 Å². The van der Waals surface area contributed by atoms with Crippen LogP contribution in [-0.4, -0.2) is 25.0 Å². The number of piperidine rings is 1. The van der Waals surface area contributed by atoms with Gasteiger partial charge in [-0.15, -0.1) is 0 Å². The highest BCUT2D eigenvalue weighted by atomic mass is 16.5. The first-order valence-corrected chi connectivity index (χ1v) is 9.77. The molecule has 4 heteroatoms. The van der Waals surface area contributed by atoms with E-state index in [2.05, 4.69) is 19.2 Å². The molecule has 0 bridgehead atoms. The van der Waals surface area contributed by atoms with E-state index in [1.807, 2.05) is 0 Å². The van der Waals surface area contributed by atoms with E-state index in [1.54, 1.807) is 0 Å². The fraction of sp³-hybridized carbons (Fsp3) is 0.900. The zero-order valence-electron chi connectivity index (χ0n) is 15.3. The predicted octanol–water partition coefficient (Wildman–Crippen LogP) is 3.30. The lowest BCUT2D eigenvalue weighted by atomic mass is 9.47. The molecule has 4 aliphatic rings. The SMILES string of the molecule is COC(=O)[C@@H]1CC[C@H]2[C@@H]3CC[C@H]4NC(=O)CC[C@]4(C)[C@H]3CC[C@]12C. The van der Waals surface area contributed by atoms with Crippen LogP contribution in [0.3, 0.4) is 0 Å². The van der Waals surface area contributed by atoms with Crippen molar-refractivity contribution < 1.29 is 14.3 Å². The van der Waals surface area contributed by atoms with Gasteiger partial charge >= 0.3 is 5.97 Å². The summed E-state index contributed by atoms with van der Waals surface area (Å²) in [5, 5.41) is 3.28. The van der Waals surface area contributed by atoms with Crippen molar-refractivity contribution in [1.82, 2.24) is 5.32 Å². The number of amides is 1. The number of carbonyl (C=O) groups is 2. The van der Waals surface area contributed by atoms with E-state index in [-0.39, 0.29) is 28.6 Å². The third kappa shape index (κ3) is 2.10. The van der Waals surface area contributed by atoms with Crippen molar-refractivity contribution in [2.24, 2.45) is 34.5 Å². The number of methoxy groups -OCH3 is 1. The summed E-state index contributed by atoms with van der Waals surface area (Å²) in [7, 11) is 1.53. The summed E-state index contributed by atoms with van der Waals surface area (Å²) in [6, 6.07) is 0.363. The van der Waals surface area contributed by atoms with Gasteiger partial charge in [0, 0.05) is 12.5 Å². The average Bonchev–Trinajstić information content (AvgIpc) is 2.92. The lowest BCUT2D eigenvalue weighted by Gasteiger charge is -2.60. The molecule has 0 aromatic heterocycles. The lowest BCUT2D eigenvalue weighted by molar-refractivity contribution is -0.155. The van der Waals surface area contributed by atoms with Crippen LogP contribution in [0.2, 0.25) is 0 Å². The fourth-order valence-electron chi connectivity index (χ4n) is 7.23. The maximum absolute atomic E-state index is 12.3. The Balaban J connectivity index is 1.61. The molecule has 0 aromatic carbocycles. The first kappa shape index (κ1) is 16.4. The molecule has 4 nitrogen and oxygen atoms in total. The number of rotatable bonds is 1. The van der Waals surface area contributed by atoms with Crippen LogP contribution >= 0.6 is 0 Å². The second kappa shape index (κ2) is 5.47. The molecular weight excluding hydrogens is 302 g/mol. The van der Waals surface area contributed by atoms with Gasteiger partial charge in [0.15, 0.2) is 0 Å². The summed E-state index contributed by atoms with van der Waals surface area (Å²) in [5.41, 5.74) is 0.372. The number of hydrogen-bond donors (Lipinski definition) is 1. The Morgan fingerprint density at radius 3 is 2.54 bits per heavy atom. The number of fused-ring (bicyclic) bond motifs is 5. The first-order valence-electron chi connectivity index (χ1n) is 9.77. The molecule has 0 unspecified atom stereocenters. The Kier molecular flexibility index (Phi) is 3.74. The van der Waals surface area contributed by atoms with Gasteiger partial charge < -0.3 is 10.1 Å². The summed E-state index contributed by atoms with van der Waals surface area (Å²) in [4.78, 5) is 24.1. The molecule has 0 radical (unpaired) electrons. The number of hydrogen-bond acceptors (Lipinski definition) is 3. The smallest absolute Gasteiger partial charge is 0.309 e. The Hall–Kier alpha value is -1.06. The van der Waals surface area contributed by atoms with Crippen molar-refractivity contribution in [1.29, 1.82) is 0 Å². The topological polar surface area (TPSA) is 55.4 Å². The zero-order chi connectivity index (χ0) is 17.1. The Morgan fingerprint density at radius 2 is 1.79 bits per heavy atom. The van der Waals surface area contributed by atoms with E-state index in [9.17, 15) is 9.59 Å². The van der Waals surface area contributed by atoms with Crippen LogP contribution in [0, 0.1) is 34.5 Å². The molecule has 3 aliphatic carbocycles. The normalized spacial score (nSPS) is 50.3. The van der Waals surface area contributed by atoms with E-state index in [0.717, 1.165) is 31.6 Å². The molecule has 3 saturated carbocycles. The third-order valence-electron chi connectivity index (χ3n) is 8.58. The monoisotopic (exact) mass is 333 g/mol. The maximum Gasteiger partial charge on any atom is 0.309 e. The molecule has 24 heavy (non-hydrogen) atoms. The quantitative estimate of drug-likeness (QED) is 0.749. The van der Waals surface area contributed by atoms with Gasteiger partial charge in [-0.1, -0.05) is 13.8 Å². The molecule has 134 valence electrons. The molecule has 1 aliphatic heterocycles. The van der Waals surface area contributed by atoms with Crippen molar-refractivity contribution >= 4 is 11.9 Å². The molecular formula is C20H31NO3. The van der Waals surface area contributed by atoms with Gasteiger partial charge in [-0.05, 0) is 73.5 Å². The van der Waals surface area contributed by atoms with Gasteiger partial charge in [-0.25, -0.2) is 0 Å². The number of ether oxygens (including phenoxy) is 1. The van der Waals surface area contributed by atoms with Crippen molar-refractivity contribution in [2.75, 3.05) is 7.11 Å². The van der Waals surface area contributed by atoms with Gasteiger partial charge in [-0.2, -0.15) is 0 Å². The van der Waals surface area contributed by atoms with Crippen molar-refractivity contribution in [2.45, 2.75) is 71.3 Å². The highest BCUT2D eigenvalue weighted by Crippen LogP contribution is 2.65. The van der Waals surface area contributed by atoms with Crippen LogP contribution in [0.15, 0.2) is 0 Å². The zero-order valence-corrected chi connectivity index (χ0v) is 15.3. The molecule has 1 N–H and O–H groups in total. The van der Waals surface area contributed by atoms with E-state index in [1.165, 1.54) is 26.4 Å². The lowest BCUT2D eigenvalue weighted by Crippen LogP contribution is -2.61. The van der Waals surface area contributed by atoms with E-state index in [0.29, 0.717) is 24.3 Å². The molecule has 1 heterocycles. The van der Waals surface area contributed by atoms with Crippen molar-refractivity contribution in [3.63, 3.8) is 0 Å². The molecule has 0 spiro atoms. The first-order chi connectivity index (χ1) is 11.4. The minimum absolute atomic E-state index is 0.00303. The van der Waals surface area contributed by atoms with Gasteiger partial charge in [-0.3, -0.25) is 9.59 Å². The van der Waals surface area contributed by atoms with Crippen LogP contribution in [-0.2, 0) is 14.3 Å². The average molecular weight is 333 g/mol. The van der Waals surface area contributed by atoms with Crippen LogP contribution in [0.25, 0.3) is 0 Å². The molecule has 7 atom stereocenters. The summed E-state index contributed by atoms with van der Waals surface area (Å²) >= 11 is 0.